The van der Waals surface area contributed by atoms with E-state index in [2.05, 4.69) is 33.9 Å². The van der Waals surface area contributed by atoms with E-state index >= 15 is 0 Å². The van der Waals surface area contributed by atoms with E-state index in [-0.39, 0.29) is 11.4 Å². The van der Waals surface area contributed by atoms with E-state index < -0.39 is 14.4 Å². The Balaban J connectivity index is 4.30. The number of carbonyl (C=O) groups excluding carboxylic acids is 1. The van der Waals surface area contributed by atoms with Crippen LogP contribution in [0.15, 0.2) is 0 Å². The van der Waals surface area contributed by atoms with Crippen LogP contribution in [0, 0.1) is 5.41 Å². The van der Waals surface area contributed by atoms with E-state index in [0.29, 0.717) is 6.61 Å². The van der Waals surface area contributed by atoms with E-state index in [1.54, 1.807) is 6.92 Å². The van der Waals surface area contributed by atoms with Crippen LogP contribution in [-0.4, -0.2) is 27.0 Å². The molecule has 0 rings (SSSR count). The molecule has 0 aromatic rings. The quantitative estimate of drug-likeness (QED) is 0.552. The second-order valence-electron chi connectivity index (χ2n) is 6.01. The summed E-state index contributed by atoms with van der Waals surface area (Å²) in [6.07, 6.45) is -0.441. The van der Waals surface area contributed by atoms with Gasteiger partial charge in [-0.2, -0.15) is 0 Å². The fourth-order valence-corrected chi connectivity index (χ4v) is 5.80. The Kier molecular flexibility index (Phi) is 5.69. The molecule has 0 amide bonds. The molecule has 0 saturated carbocycles. The zero-order valence-electron chi connectivity index (χ0n) is 11.7. The summed E-state index contributed by atoms with van der Waals surface area (Å²) < 4.78 is 10.8. The lowest BCUT2D eigenvalue weighted by atomic mass is 10.0. The van der Waals surface area contributed by atoms with Crippen molar-refractivity contribution in [1.82, 2.24) is 0 Å². The van der Waals surface area contributed by atoms with Crippen LogP contribution in [0.1, 0.15) is 34.6 Å². The van der Waals surface area contributed by atoms with Crippen molar-refractivity contribution < 1.29 is 14.0 Å². The monoisotopic (exact) mass is 246 g/mol. The maximum atomic E-state index is 11.5. The number of carbonyl (C=O) groups is 1. The molecule has 0 aliphatic heterocycles. The average Bonchev–Trinajstić information content (AvgIpc) is 1.98. The van der Waals surface area contributed by atoms with Gasteiger partial charge in [0.25, 0.3) is 0 Å². The van der Waals surface area contributed by atoms with Gasteiger partial charge in [-0.3, -0.25) is 0 Å². The number of rotatable bonds is 5. The second-order valence-corrected chi connectivity index (χ2v) is 10.1. The highest BCUT2D eigenvalue weighted by atomic mass is 28.4. The Bertz CT molecular complexity index is 231. The zero-order chi connectivity index (χ0) is 13.0. The van der Waals surface area contributed by atoms with Crippen molar-refractivity contribution in [2.24, 2.45) is 5.41 Å². The molecule has 0 spiro atoms. The van der Waals surface area contributed by atoms with Gasteiger partial charge in [-0.25, -0.2) is 4.79 Å². The number of hydrogen-bond donors (Lipinski definition) is 0. The number of ether oxygens (including phenoxy) is 1. The molecule has 96 valence electrons. The molecule has 0 bridgehead atoms. The highest BCUT2D eigenvalue weighted by Crippen LogP contribution is 2.29. The molecule has 16 heavy (non-hydrogen) atoms. The summed E-state index contributed by atoms with van der Waals surface area (Å²) in [7, 11) is -1.79. The third kappa shape index (κ3) is 7.01. The number of hydrogen-bond acceptors (Lipinski definition) is 3. The van der Waals surface area contributed by atoms with Crippen molar-refractivity contribution in [2.75, 3.05) is 6.61 Å². The predicted molar refractivity (Wildman–Crippen MR) is 68.9 cm³/mol. The first-order valence-electron chi connectivity index (χ1n) is 5.92. The Hall–Kier alpha value is -0.353. The highest BCUT2D eigenvalue weighted by Gasteiger charge is 2.32. The SMILES string of the molecule is CCOC(=O)[C@@H](C)O[Si](C)(C)CC(C)(C)C. The lowest BCUT2D eigenvalue weighted by Crippen LogP contribution is -2.41. The van der Waals surface area contributed by atoms with E-state index in [1.807, 2.05) is 6.92 Å². The molecule has 0 fully saturated rings. The third-order valence-electron chi connectivity index (χ3n) is 2.07. The van der Waals surface area contributed by atoms with Gasteiger partial charge in [0, 0.05) is 0 Å². The number of esters is 1. The summed E-state index contributed by atoms with van der Waals surface area (Å²) in [5, 5.41) is 0. The van der Waals surface area contributed by atoms with Gasteiger partial charge in [-0.15, -0.1) is 0 Å². The van der Waals surface area contributed by atoms with E-state index in [4.69, 9.17) is 9.16 Å². The zero-order valence-corrected chi connectivity index (χ0v) is 12.7. The van der Waals surface area contributed by atoms with Crippen LogP contribution in [0.4, 0.5) is 0 Å². The van der Waals surface area contributed by atoms with Crippen LogP contribution in [0.3, 0.4) is 0 Å². The minimum Gasteiger partial charge on any atom is -0.464 e. The molecule has 0 aliphatic rings. The van der Waals surface area contributed by atoms with Crippen LogP contribution in [0.2, 0.25) is 19.1 Å². The van der Waals surface area contributed by atoms with Gasteiger partial charge in [0.15, 0.2) is 8.32 Å². The van der Waals surface area contributed by atoms with Crippen molar-refractivity contribution in [3.05, 3.63) is 0 Å². The van der Waals surface area contributed by atoms with Gasteiger partial charge >= 0.3 is 5.97 Å². The third-order valence-corrected chi connectivity index (χ3v) is 4.97. The molecule has 0 aromatic heterocycles. The first kappa shape index (κ1) is 15.6. The normalized spacial score (nSPS) is 14.7. The first-order chi connectivity index (χ1) is 7.07. The minimum atomic E-state index is -1.79. The highest BCUT2D eigenvalue weighted by molar-refractivity contribution is 6.71. The first-order valence-corrected chi connectivity index (χ1v) is 9.03. The molecule has 0 saturated heterocycles. The average molecular weight is 246 g/mol. The fraction of sp³-hybridized carbons (Fsp3) is 0.917. The molecule has 1 atom stereocenters. The fourth-order valence-electron chi connectivity index (χ4n) is 2.11. The topological polar surface area (TPSA) is 35.5 Å². The molecule has 3 nitrogen and oxygen atoms in total. The summed E-state index contributed by atoms with van der Waals surface area (Å²) in [5.74, 6) is -0.253. The van der Waals surface area contributed by atoms with Gasteiger partial charge in [-0.05, 0) is 38.4 Å². The molecule has 0 radical (unpaired) electrons. The predicted octanol–water partition coefficient (Wildman–Crippen LogP) is 3.21. The lowest BCUT2D eigenvalue weighted by Gasteiger charge is -2.32. The molecule has 0 unspecified atom stereocenters. The molecular weight excluding hydrogens is 220 g/mol. The standard InChI is InChI=1S/C12H26O3Si/c1-8-14-11(13)10(2)15-16(6,7)9-12(3,4)5/h10H,8-9H2,1-7H3/t10-/m1/s1. The molecule has 4 heteroatoms. The van der Waals surface area contributed by atoms with Crippen LogP contribution < -0.4 is 0 Å². The lowest BCUT2D eigenvalue weighted by molar-refractivity contribution is -0.151. The van der Waals surface area contributed by atoms with Crippen molar-refractivity contribution in [2.45, 2.75) is 59.9 Å². The van der Waals surface area contributed by atoms with Gasteiger partial charge < -0.3 is 9.16 Å². The van der Waals surface area contributed by atoms with Gasteiger partial charge in [0.1, 0.15) is 6.10 Å². The Morgan fingerprint density at radius 1 is 1.31 bits per heavy atom. The minimum absolute atomic E-state index is 0.240. The maximum Gasteiger partial charge on any atom is 0.333 e. The van der Waals surface area contributed by atoms with Crippen molar-refractivity contribution in [1.29, 1.82) is 0 Å². The Morgan fingerprint density at radius 3 is 2.19 bits per heavy atom. The van der Waals surface area contributed by atoms with Crippen molar-refractivity contribution in [3.8, 4) is 0 Å². The molecule has 0 heterocycles. The summed E-state index contributed by atoms with van der Waals surface area (Å²) >= 11 is 0. The summed E-state index contributed by atoms with van der Waals surface area (Å²) in [5.41, 5.74) is 0.240. The second kappa shape index (κ2) is 5.82. The van der Waals surface area contributed by atoms with E-state index in [9.17, 15) is 4.79 Å². The largest absolute Gasteiger partial charge is 0.464 e. The summed E-state index contributed by atoms with van der Waals surface area (Å²) in [6.45, 7) is 14.9. The van der Waals surface area contributed by atoms with Crippen molar-refractivity contribution >= 4 is 14.3 Å². The Morgan fingerprint density at radius 2 is 1.81 bits per heavy atom. The summed E-state index contributed by atoms with van der Waals surface area (Å²) in [6, 6.07) is 1.03. The van der Waals surface area contributed by atoms with Crippen LogP contribution in [0.5, 0.6) is 0 Å². The van der Waals surface area contributed by atoms with Gasteiger partial charge in [0.2, 0.25) is 0 Å². The van der Waals surface area contributed by atoms with E-state index in [0.717, 1.165) is 6.04 Å². The van der Waals surface area contributed by atoms with Gasteiger partial charge in [-0.1, -0.05) is 20.8 Å². The van der Waals surface area contributed by atoms with Crippen LogP contribution >= 0.6 is 0 Å². The molecule has 0 aromatic carbocycles. The maximum absolute atomic E-state index is 11.5. The molecule has 0 aliphatic carbocycles. The van der Waals surface area contributed by atoms with Crippen LogP contribution in [0.25, 0.3) is 0 Å². The molecule has 0 N–H and O–H groups in total. The van der Waals surface area contributed by atoms with Crippen LogP contribution in [-0.2, 0) is 14.0 Å². The van der Waals surface area contributed by atoms with E-state index in [1.165, 1.54) is 0 Å². The summed E-state index contributed by atoms with van der Waals surface area (Å²) in [4.78, 5) is 11.5. The van der Waals surface area contributed by atoms with Gasteiger partial charge in [0.05, 0.1) is 6.61 Å². The molecular formula is C12H26O3Si. The Labute approximate surface area is 101 Å². The van der Waals surface area contributed by atoms with Crippen molar-refractivity contribution in [3.63, 3.8) is 0 Å². The smallest absolute Gasteiger partial charge is 0.333 e.